The summed E-state index contributed by atoms with van der Waals surface area (Å²) in [6.07, 6.45) is 1.67. The number of pyridine rings is 1. The highest BCUT2D eigenvalue weighted by molar-refractivity contribution is 6.29. The van der Waals surface area contributed by atoms with Crippen molar-refractivity contribution < 1.29 is 0 Å². The van der Waals surface area contributed by atoms with Crippen LogP contribution >= 0.6 is 11.6 Å². The molecule has 14 heavy (non-hydrogen) atoms. The summed E-state index contributed by atoms with van der Waals surface area (Å²) in [5, 5.41) is 3.71. The lowest BCUT2D eigenvalue weighted by Crippen LogP contribution is -1.89. The van der Waals surface area contributed by atoms with Gasteiger partial charge in [-0.1, -0.05) is 29.8 Å². The number of nitrogens with zero attached hydrogens (tertiary/aromatic N) is 1. The van der Waals surface area contributed by atoms with E-state index in [1.165, 1.54) is 0 Å². The van der Waals surface area contributed by atoms with Crippen molar-refractivity contribution >= 4 is 23.0 Å². The van der Waals surface area contributed by atoms with Crippen molar-refractivity contribution in [3.8, 4) is 0 Å². The zero-order chi connectivity index (χ0) is 9.80. The van der Waals surface area contributed by atoms with Gasteiger partial charge in [0.1, 0.15) is 5.15 Å². The Kier molecular flexibility index (Phi) is 2.65. The molecule has 2 nitrogen and oxygen atoms in total. The van der Waals surface area contributed by atoms with Gasteiger partial charge < -0.3 is 5.32 Å². The molecule has 0 bridgehead atoms. The van der Waals surface area contributed by atoms with Gasteiger partial charge in [0.2, 0.25) is 0 Å². The Morgan fingerprint density at radius 2 is 1.79 bits per heavy atom. The minimum Gasteiger partial charge on any atom is -0.355 e. The van der Waals surface area contributed by atoms with Crippen LogP contribution in [0.3, 0.4) is 0 Å². The van der Waals surface area contributed by atoms with Crippen molar-refractivity contribution in [2.75, 3.05) is 5.32 Å². The first-order valence-corrected chi connectivity index (χ1v) is 4.66. The Balaban J connectivity index is 2.19. The predicted molar refractivity (Wildman–Crippen MR) is 59.0 cm³/mol. The van der Waals surface area contributed by atoms with Gasteiger partial charge in [-0.2, -0.15) is 0 Å². The molecular formula is C11H9ClN2. The van der Waals surface area contributed by atoms with E-state index in [1.54, 1.807) is 12.3 Å². The van der Waals surface area contributed by atoms with Crippen LogP contribution in [0, 0.1) is 0 Å². The fraction of sp³-hybridized carbons (Fsp3) is 0. The standard InChI is InChI=1S/C11H9ClN2/c12-11-8-10(6-7-13-11)14-9-4-2-1-3-5-9/h1-8H,(H,13,14). The topological polar surface area (TPSA) is 24.9 Å². The highest BCUT2D eigenvalue weighted by Crippen LogP contribution is 2.17. The maximum atomic E-state index is 5.76. The number of rotatable bonds is 2. The van der Waals surface area contributed by atoms with Crippen molar-refractivity contribution in [3.63, 3.8) is 0 Å². The Hall–Kier alpha value is -1.54. The molecule has 1 aromatic carbocycles. The number of nitrogens with one attached hydrogen (secondary N) is 1. The smallest absolute Gasteiger partial charge is 0.131 e. The summed E-state index contributed by atoms with van der Waals surface area (Å²) in [6, 6.07) is 13.6. The van der Waals surface area contributed by atoms with Crippen molar-refractivity contribution in [1.29, 1.82) is 0 Å². The second kappa shape index (κ2) is 4.11. The zero-order valence-corrected chi connectivity index (χ0v) is 8.20. The molecule has 0 fully saturated rings. The third-order valence-electron chi connectivity index (χ3n) is 1.79. The van der Waals surface area contributed by atoms with Gasteiger partial charge in [0.05, 0.1) is 0 Å². The second-order valence-electron chi connectivity index (χ2n) is 2.86. The lowest BCUT2D eigenvalue weighted by Gasteiger charge is -2.05. The molecule has 0 aliphatic heterocycles. The van der Waals surface area contributed by atoms with Crippen molar-refractivity contribution in [2.24, 2.45) is 0 Å². The van der Waals surface area contributed by atoms with Gasteiger partial charge in [-0.15, -0.1) is 0 Å². The molecule has 0 radical (unpaired) electrons. The van der Waals surface area contributed by atoms with E-state index in [4.69, 9.17) is 11.6 Å². The molecule has 0 spiro atoms. The Morgan fingerprint density at radius 1 is 1.00 bits per heavy atom. The molecule has 70 valence electrons. The van der Waals surface area contributed by atoms with Gasteiger partial charge in [0.15, 0.2) is 0 Å². The first-order valence-electron chi connectivity index (χ1n) is 4.28. The first kappa shape index (κ1) is 9.03. The molecule has 0 saturated carbocycles. The van der Waals surface area contributed by atoms with Gasteiger partial charge in [0, 0.05) is 17.6 Å². The van der Waals surface area contributed by atoms with E-state index in [9.17, 15) is 0 Å². The predicted octanol–water partition coefficient (Wildman–Crippen LogP) is 3.48. The van der Waals surface area contributed by atoms with Crippen molar-refractivity contribution in [3.05, 3.63) is 53.8 Å². The number of hydrogen-bond acceptors (Lipinski definition) is 2. The molecule has 2 aromatic rings. The number of hydrogen-bond donors (Lipinski definition) is 1. The van der Waals surface area contributed by atoms with Crippen LogP contribution in [0.25, 0.3) is 0 Å². The summed E-state index contributed by atoms with van der Waals surface area (Å²) < 4.78 is 0. The van der Waals surface area contributed by atoms with Crippen LogP contribution in [0.15, 0.2) is 48.7 Å². The molecular weight excluding hydrogens is 196 g/mol. The van der Waals surface area contributed by atoms with E-state index in [0.717, 1.165) is 11.4 Å². The first-order chi connectivity index (χ1) is 6.84. The van der Waals surface area contributed by atoms with E-state index in [1.807, 2.05) is 36.4 Å². The third kappa shape index (κ3) is 2.24. The molecule has 1 aromatic heterocycles. The SMILES string of the molecule is Clc1cc(Nc2ccccc2)ccn1. The minimum absolute atomic E-state index is 0.492. The van der Waals surface area contributed by atoms with Crippen molar-refractivity contribution in [1.82, 2.24) is 4.98 Å². The molecule has 2 rings (SSSR count). The van der Waals surface area contributed by atoms with Crippen LogP contribution in [-0.4, -0.2) is 4.98 Å². The number of benzene rings is 1. The summed E-state index contributed by atoms with van der Waals surface area (Å²) in [6.45, 7) is 0. The van der Waals surface area contributed by atoms with Gasteiger partial charge in [-0.25, -0.2) is 4.98 Å². The number of aromatic nitrogens is 1. The lowest BCUT2D eigenvalue weighted by molar-refractivity contribution is 1.32. The molecule has 0 saturated heterocycles. The molecule has 0 aliphatic carbocycles. The number of halogens is 1. The average Bonchev–Trinajstić information content (AvgIpc) is 2.19. The monoisotopic (exact) mass is 204 g/mol. The fourth-order valence-corrected chi connectivity index (χ4v) is 1.34. The van der Waals surface area contributed by atoms with Crippen LogP contribution < -0.4 is 5.32 Å². The van der Waals surface area contributed by atoms with Gasteiger partial charge >= 0.3 is 0 Å². The van der Waals surface area contributed by atoms with Crippen LogP contribution in [-0.2, 0) is 0 Å². The normalized spacial score (nSPS) is 9.79. The Labute approximate surface area is 87.6 Å². The molecule has 0 atom stereocenters. The molecule has 1 N–H and O–H groups in total. The quantitative estimate of drug-likeness (QED) is 0.758. The Bertz CT molecular complexity index is 415. The largest absolute Gasteiger partial charge is 0.355 e. The average molecular weight is 205 g/mol. The molecule has 0 amide bonds. The highest BCUT2D eigenvalue weighted by Gasteiger charge is 1.94. The van der Waals surface area contributed by atoms with E-state index in [0.29, 0.717) is 5.15 Å². The molecule has 3 heteroatoms. The molecule has 0 aliphatic rings. The lowest BCUT2D eigenvalue weighted by atomic mass is 10.3. The highest BCUT2D eigenvalue weighted by atomic mass is 35.5. The zero-order valence-electron chi connectivity index (χ0n) is 7.44. The van der Waals surface area contributed by atoms with Crippen LogP contribution in [0.1, 0.15) is 0 Å². The van der Waals surface area contributed by atoms with Gasteiger partial charge in [0.25, 0.3) is 0 Å². The summed E-state index contributed by atoms with van der Waals surface area (Å²) in [7, 11) is 0. The van der Waals surface area contributed by atoms with Crippen LogP contribution in [0.5, 0.6) is 0 Å². The maximum absolute atomic E-state index is 5.76. The van der Waals surface area contributed by atoms with Crippen molar-refractivity contribution in [2.45, 2.75) is 0 Å². The molecule has 0 unspecified atom stereocenters. The molecule has 1 heterocycles. The van der Waals surface area contributed by atoms with Crippen LogP contribution in [0.4, 0.5) is 11.4 Å². The fourth-order valence-electron chi connectivity index (χ4n) is 1.17. The van der Waals surface area contributed by atoms with E-state index < -0.39 is 0 Å². The van der Waals surface area contributed by atoms with Crippen LogP contribution in [0.2, 0.25) is 5.15 Å². The third-order valence-corrected chi connectivity index (χ3v) is 2.00. The van der Waals surface area contributed by atoms with E-state index in [2.05, 4.69) is 10.3 Å². The maximum Gasteiger partial charge on any atom is 0.131 e. The Morgan fingerprint density at radius 3 is 2.50 bits per heavy atom. The summed E-state index contributed by atoms with van der Waals surface area (Å²) in [5.41, 5.74) is 1.98. The van der Waals surface area contributed by atoms with Gasteiger partial charge in [-0.05, 0) is 24.3 Å². The summed E-state index contributed by atoms with van der Waals surface area (Å²) >= 11 is 5.76. The van der Waals surface area contributed by atoms with E-state index in [-0.39, 0.29) is 0 Å². The summed E-state index contributed by atoms with van der Waals surface area (Å²) in [4.78, 5) is 3.91. The summed E-state index contributed by atoms with van der Waals surface area (Å²) in [5.74, 6) is 0. The number of para-hydroxylation sites is 1. The van der Waals surface area contributed by atoms with E-state index >= 15 is 0 Å². The number of anilines is 2. The van der Waals surface area contributed by atoms with Gasteiger partial charge in [-0.3, -0.25) is 0 Å². The second-order valence-corrected chi connectivity index (χ2v) is 3.25. The minimum atomic E-state index is 0.492.